The summed E-state index contributed by atoms with van der Waals surface area (Å²) in [5, 5.41) is 0. The summed E-state index contributed by atoms with van der Waals surface area (Å²) in [6, 6.07) is 40.2. The summed E-state index contributed by atoms with van der Waals surface area (Å²) in [7, 11) is 0. The molecule has 2 unspecified atom stereocenters. The number of rotatable bonds is 34. The molecule has 0 spiro atoms. The van der Waals surface area contributed by atoms with E-state index in [1.165, 1.54) is 152 Å². The zero-order valence-corrected chi connectivity index (χ0v) is 43.3. The monoisotopic (exact) mass is 927 g/mol. The molecule has 0 aliphatic rings. The topological polar surface area (TPSA) is 60.8 Å². The Hall–Kier alpha value is -5.00. The second-order valence-corrected chi connectivity index (χ2v) is 19.7. The second-order valence-electron chi connectivity index (χ2n) is 19.7. The van der Waals surface area contributed by atoms with Crippen molar-refractivity contribution in [2.75, 3.05) is 0 Å². The zero-order valence-electron chi connectivity index (χ0n) is 43.3. The lowest BCUT2D eigenvalue weighted by atomic mass is 9.95. The van der Waals surface area contributed by atoms with Crippen molar-refractivity contribution in [2.45, 2.75) is 207 Å². The molecular formula is C64H86N4O. The van der Waals surface area contributed by atoms with Crippen LogP contribution in [-0.2, 0) is 30.4 Å². The van der Waals surface area contributed by atoms with Gasteiger partial charge in [-0.3, -0.25) is 0 Å². The normalized spacial score (nSPS) is 12.3. The minimum Gasteiger partial charge on any atom is -0.356 e. The van der Waals surface area contributed by atoms with E-state index in [0.29, 0.717) is 0 Å². The summed E-state index contributed by atoms with van der Waals surface area (Å²) in [6.07, 6.45) is 35.6. The smallest absolute Gasteiger partial charge is 0.159 e. The second kappa shape index (κ2) is 31.3. The fraction of sp³-hybridized carbons (Fsp3) is 0.500. The number of benzene rings is 4. The van der Waals surface area contributed by atoms with Gasteiger partial charge < -0.3 is 4.74 Å². The fourth-order valence-corrected chi connectivity index (χ4v) is 9.55. The zero-order chi connectivity index (χ0) is 48.1. The fourth-order valence-electron chi connectivity index (χ4n) is 9.55. The van der Waals surface area contributed by atoms with E-state index in [1.807, 2.05) is 12.4 Å². The Bertz CT molecular complexity index is 2110. The van der Waals surface area contributed by atoms with Crippen molar-refractivity contribution in [1.29, 1.82) is 0 Å². The molecule has 0 amide bonds. The lowest BCUT2D eigenvalue weighted by molar-refractivity contribution is 0.0308. The Morgan fingerprint density at radius 2 is 0.609 bits per heavy atom. The van der Waals surface area contributed by atoms with Gasteiger partial charge in [0.1, 0.15) is 12.2 Å². The van der Waals surface area contributed by atoms with Gasteiger partial charge in [-0.25, -0.2) is 19.9 Å². The molecule has 0 aliphatic carbocycles. The highest BCUT2D eigenvalue weighted by molar-refractivity contribution is 5.57. The average molecular weight is 927 g/mol. The van der Waals surface area contributed by atoms with Gasteiger partial charge in [0.05, 0.1) is 0 Å². The molecule has 5 nitrogen and oxygen atoms in total. The van der Waals surface area contributed by atoms with Gasteiger partial charge in [0.25, 0.3) is 0 Å². The molecule has 6 rings (SSSR count). The van der Waals surface area contributed by atoms with Crippen molar-refractivity contribution in [3.05, 3.63) is 166 Å². The summed E-state index contributed by atoms with van der Waals surface area (Å²) in [6.45, 7) is 9.11. The first-order chi connectivity index (χ1) is 34.1. The highest BCUT2D eigenvalue weighted by Gasteiger charge is 2.24. The SMILES string of the molecule is CCCCCCCCCc1ccnc(-c2ccc(C(OC(c3ccc(CCCCCC)cc3)c3ccc(-c4nccc(CCCCCCCCC)n4)cc3)c3ccc(CCCCCC)cc3)cc2)n1. The highest BCUT2D eigenvalue weighted by Crippen LogP contribution is 2.38. The van der Waals surface area contributed by atoms with Crippen LogP contribution >= 0.6 is 0 Å². The number of hydrogen-bond acceptors (Lipinski definition) is 5. The molecule has 2 heterocycles. The van der Waals surface area contributed by atoms with Crippen LogP contribution in [0.15, 0.2) is 122 Å². The van der Waals surface area contributed by atoms with Gasteiger partial charge in [-0.2, -0.15) is 0 Å². The van der Waals surface area contributed by atoms with E-state index < -0.39 is 0 Å². The molecule has 368 valence electrons. The van der Waals surface area contributed by atoms with Gasteiger partial charge in [0, 0.05) is 34.9 Å². The lowest BCUT2D eigenvalue weighted by Gasteiger charge is -2.27. The maximum atomic E-state index is 7.54. The minimum atomic E-state index is -0.317. The number of unbranched alkanes of at least 4 members (excludes halogenated alkanes) is 18. The summed E-state index contributed by atoms with van der Waals surface area (Å²) in [5.41, 5.74) is 11.6. The maximum Gasteiger partial charge on any atom is 0.159 e. The van der Waals surface area contributed by atoms with E-state index in [0.717, 1.165) is 82.1 Å². The largest absolute Gasteiger partial charge is 0.356 e. The van der Waals surface area contributed by atoms with Crippen LogP contribution in [0.3, 0.4) is 0 Å². The molecule has 2 atom stereocenters. The van der Waals surface area contributed by atoms with E-state index in [2.05, 4.69) is 137 Å². The molecule has 69 heavy (non-hydrogen) atoms. The van der Waals surface area contributed by atoms with Crippen LogP contribution in [0.2, 0.25) is 0 Å². The number of hydrogen-bond donors (Lipinski definition) is 0. The van der Waals surface area contributed by atoms with Crippen LogP contribution in [-0.4, -0.2) is 19.9 Å². The summed E-state index contributed by atoms with van der Waals surface area (Å²) in [5.74, 6) is 1.57. The Morgan fingerprint density at radius 3 is 0.957 bits per heavy atom. The van der Waals surface area contributed by atoms with Crippen molar-refractivity contribution < 1.29 is 4.74 Å². The Kier molecular flexibility index (Phi) is 24.2. The predicted molar refractivity (Wildman–Crippen MR) is 292 cm³/mol. The molecule has 0 saturated heterocycles. The first kappa shape index (κ1) is 53.4. The van der Waals surface area contributed by atoms with Crippen LogP contribution in [0.1, 0.15) is 226 Å². The Labute approximate surface area is 418 Å². The van der Waals surface area contributed by atoms with Gasteiger partial charge in [-0.15, -0.1) is 0 Å². The van der Waals surface area contributed by atoms with E-state index in [-0.39, 0.29) is 12.2 Å². The molecule has 6 aromatic rings. The van der Waals surface area contributed by atoms with Crippen LogP contribution in [0.5, 0.6) is 0 Å². The van der Waals surface area contributed by atoms with Gasteiger partial charge in [-0.05, 0) is 96.9 Å². The first-order valence-electron chi connectivity index (χ1n) is 27.8. The summed E-state index contributed by atoms with van der Waals surface area (Å²) < 4.78 is 7.54. The molecule has 5 heteroatoms. The predicted octanol–water partition coefficient (Wildman–Crippen LogP) is 18.3. The average Bonchev–Trinajstić information content (AvgIpc) is 3.39. The molecule has 4 aromatic carbocycles. The van der Waals surface area contributed by atoms with Crippen LogP contribution in [0.25, 0.3) is 22.8 Å². The van der Waals surface area contributed by atoms with Crippen LogP contribution in [0, 0.1) is 0 Å². The van der Waals surface area contributed by atoms with Crippen molar-refractivity contribution in [3.63, 3.8) is 0 Å². The van der Waals surface area contributed by atoms with Crippen molar-refractivity contribution in [1.82, 2.24) is 19.9 Å². The molecule has 0 radical (unpaired) electrons. The van der Waals surface area contributed by atoms with Crippen molar-refractivity contribution in [2.24, 2.45) is 0 Å². The van der Waals surface area contributed by atoms with Gasteiger partial charge in [0.2, 0.25) is 0 Å². The Morgan fingerprint density at radius 1 is 0.319 bits per heavy atom. The summed E-state index contributed by atoms with van der Waals surface area (Å²) in [4.78, 5) is 19.6. The molecule has 0 bridgehead atoms. The number of aryl methyl sites for hydroxylation is 4. The van der Waals surface area contributed by atoms with E-state index in [4.69, 9.17) is 24.7 Å². The van der Waals surface area contributed by atoms with E-state index >= 15 is 0 Å². The molecule has 2 aromatic heterocycles. The standard InChI is InChI=1S/C64H86N4O/c1-5-9-13-17-19-21-25-29-59-47-49-65-63(67-59)57-43-39-55(40-44-57)61(53-35-31-51(32-36-53)27-23-15-11-7-3)69-62(54-37-33-52(34-38-54)28-24-16-12-8-4)56-41-45-58(46-42-56)64-66-50-48-60(68-64)30-26-22-20-18-14-10-6-2/h31-50,61-62H,5-30H2,1-4H3. The maximum absolute atomic E-state index is 7.54. The van der Waals surface area contributed by atoms with Crippen LogP contribution in [0.4, 0.5) is 0 Å². The molecular weight excluding hydrogens is 841 g/mol. The summed E-state index contributed by atoms with van der Waals surface area (Å²) >= 11 is 0. The van der Waals surface area contributed by atoms with E-state index in [1.54, 1.807) is 0 Å². The van der Waals surface area contributed by atoms with E-state index in [9.17, 15) is 0 Å². The quantitative estimate of drug-likeness (QED) is 0.0377. The highest BCUT2D eigenvalue weighted by atomic mass is 16.5. The third-order valence-corrected chi connectivity index (χ3v) is 13.9. The molecule has 0 fully saturated rings. The minimum absolute atomic E-state index is 0.317. The van der Waals surface area contributed by atoms with Gasteiger partial charge in [-0.1, -0.05) is 240 Å². The lowest BCUT2D eigenvalue weighted by Crippen LogP contribution is -2.14. The first-order valence-corrected chi connectivity index (χ1v) is 27.8. The van der Waals surface area contributed by atoms with Gasteiger partial charge >= 0.3 is 0 Å². The Balaban J connectivity index is 1.26. The number of ether oxygens (including phenoxy) is 1. The number of aromatic nitrogens is 4. The van der Waals surface area contributed by atoms with Crippen molar-refractivity contribution >= 4 is 0 Å². The third kappa shape index (κ3) is 18.4. The molecule has 0 N–H and O–H groups in total. The molecule has 0 saturated carbocycles. The number of nitrogens with zero attached hydrogens (tertiary/aromatic N) is 4. The molecule has 0 aliphatic heterocycles. The third-order valence-electron chi connectivity index (χ3n) is 13.9. The van der Waals surface area contributed by atoms with Crippen LogP contribution < -0.4 is 0 Å². The van der Waals surface area contributed by atoms with Crippen molar-refractivity contribution in [3.8, 4) is 22.8 Å². The van der Waals surface area contributed by atoms with Gasteiger partial charge in [0.15, 0.2) is 11.6 Å².